The second-order valence-corrected chi connectivity index (χ2v) is 6.61. The zero-order valence-corrected chi connectivity index (χ0v) is 14.3. The fraction of sp³-hybridized carbons (Fsp3) is 0.333. The van der Waals surface area contributed by atoms with Gasteiger partial charge in [-0.05, 0) is 19.8 Å². The van der Waals surface area contributed by atoms with Crippen molar-refractivity contribution in [2.24, 2.45) is 0 Å². The van der Waals surface area contributed by atoms with Gasteiger partial charge in [0.25, 0.3) is 5.91 Å². The number of rotatable bonds is 5. The topological polar surface area (TPSA) is 103 Å². The first kappa shape index (κ1) is 16.6. The number of hydrogen-bond donors (Lipinski definition) is 4. The minimum absolute atomic E-state index is 0.0652. The molecule has 8 heteroatoms. The first-order chi connectivity index (χ1) is 12.6. The summed E-state index contributed by atoms with van der Waals surface area (Å²) in [5, 5.41) is 18.6. The van der Waals surface area contributed by atoms with E-state index >= 15 is 0 Å². The number of benzene rings is 1. The van der Waals surface area contributed by atoms with Gasteiger partial charge in [0.1, 0.15) is 5.69 Å². The molecule has 1 aromatic heterocycles. The van der Waals surface area contributed by atoms with Crippen molar-refractivity contribution in [1.29, 1.82) is 0 Å². The Bertz CT molecular complexity index is 811. The van der Waals surface area contributed by atoms with E-state index in [1.807, 2.05) is 35.3 Å². The predicted octanol–water partition coefficient (Wildman–Crippen LogP) is 1.15. The number of hydrazine groups is 2. The number of hydrogen-bond acceptors (Lipinski definition) is 7. The van der Waals surface area contributed by atoms with Crippen LogP contribution in [0.3, 0.4) is 0 Å². The minimum Gasteiger partial charge on any atom is -0.387 e. The molecule has 0 radical (unpaired) electrons. The van der Waals surface area contributed by atoms with Gasteiger partial charge in [-0.1, -0.05) is 35.5 Å². The van der Waals surface area contributed by atoms with Crippen LogP contribution in [-0.4, -0.2) is 39.4 Å². The van der Waals surface area contributed by atoms with Crippen LogP contribution in [0.25, 0.3) is 11.3 Å². The molecule has 0 bridgehead atoms. The highest BCUT2D eigenvalue weighted by Crippen LogP contribution is 2.29. The first-order valence-electron chi connectivity index (χ1n) is 8.63. The van der Waals surface area contributed by atoms with Crippen molar-refractivity contribution in [3.63, 3.8) is 0 Å². The van der Waals surface area contributed by atoms with Crippen LogP contribution in [0.5, 0.6) is 0 Å². The molecule has 1 aromatic carbocycles. The zero-order chi connectivity index (χ0) is 18.1. The summed E-state index contributed by atoms with van der Waals surface area (Å²) < 4.78 is 5.19. The Balaban J connectivity index is 1.32. The molecule has 2 aliphatic rings. The van der Waals surface area contributed by atoms with Crippen LogP contribution in [-0.2, 0) is 0 Å². The Morgan fingerprint density at radius 3 is 2.88 bits per heavy atom. The average molecular weight is 355 g/mol. The van der Waals surface area contributed by atoms with Gasteiger partial charge in [0, 0.05) is 23.9 Å². The van der Waals surface area contributed by atoms with Crippen LogP contribution in [0.4, 0.5) is 0 Å². The summed E-state index contributed by atoms with van der Waals surface area (Å²) in [6, 6.07) is 11.5. The molecule has 26 heavy (non-hydrogen) atoms. The minimum atomic E-state index is -0.559. The lowest BCUT2D eigenvalue weighted by molar-refractivity contribution is 0.0536. The second kappa shape index (κ2) is 6.81. The molecular weight excluding hydrogens is 334 g/mol. The molecule has 136 valence electrons. The number of aromatic nitrogens is 1. The molecule has 4 N–H and O–H groups in total. The maximum Gasteiger partial charge on any atom is 0.290 e. The molecular formula is C18H21N5O3. The Hall–Kier alpha value is -2.84. The van der Waals surface area contributed by atoms with Crippen molar-refractivity contribution >= 4 is 5.91 Å². The number of aliphatic hydroxyl groups is 1. The van der Waals surface area contributed by atoms with Gasteiger partial charge in [-0.2, -0.15) is 0 Å². The van der Waals surface area contributed by atoms with Crippen molar-refractivity contribution in [2.45, 2.75) is 38.0 Å². The fourth-order valence-electron chi connectivity index (χ4n) is 3.23. The van der Waals surface area contributed by atoms with Crippen molar-refractivity contribution in [1.82, 2.24) is 26.4 Å². The molecule has 0 spiro atoms. The van der Waals surface area contributed by atoms with Gasteiger partial charge in [0.05, 0.1) is 17.8 Å². The number of nitrogens with zero attached hydrogens (tertiary/aromatic N) is 2. The molecule has 0 saturated heterocycles. The van der Waals surface area contributed by atoms with Crippen molar-refractivity contribution in [2.75, 3.05) is 0 Å². The summed E-state index contributed by atoms with van der Waals surface area (Å²) in [5.74, 6) is -0.0558. The number of carbonyl (C=O) groups is 1. The standard InChI is InChI=1S/C18H21N5O3/c1-11(24)16-10-19-22-23(16)14-7-13(8-14)20-18(25)17-9-15(21-26-17)12-5-3-2-4-6-12/h2-6,9-11,13-14,19,22,24H,7-8H2,1H3,(H,20,25)/t11-,13-,14+/m0/s1. The molecule has 1 amide bonds. The van der Waals surface area contributed by atoms with Crippen molar-refractivity contribution < 1.29 is 14.4 Å². The molecule has 4 rings (SSSR count). The SMILES string of the molecule is C[C@H](O)C1=CNNN1[C@H]1C[C@@H](NC(=O)c2cc(-c3ccccc3)no2)C1. The molecule has 1 aliphatic carbocycles. The summed E-state index contributed by atoms with van der Waals surface area (Å²) in [4.78, 5) is 12.4. The van der Waals surface area contributed by atoms with Gasteiger partial charge in [-0.15, -0.1) is 5.53 Å². The van der Waals surface area contributed by atoms with E-state index in [0.29, 0.717) is 5.69 Å². The van der Waals surface area contributed by atoms with E-state index in [1.54, 1.807) is 19.2 Å². The lowest BCUT2D eigenvalue weighted by atomic mass is 9.85. The third-order valence-corrected chi connectivity index (χ3v) is 4.73. The first-order valence-corrected chi connectivity index (χ1v) is 8.63. The average Bonchev–Trinajstić information content (AvgIpc) is 3.27. The summed E-state index contributed by atoms with van der Waals surface area (Å²) >= 11 is 0. The normalized spacial score (nSPS) is 23.0. The van der Waals surface area contributed by atoms with Gasteiger partial charge < -0.3 is 20.4 Å². The highest BCUT2D eigenvalue weighted by molar-refractivity contribution is 5.92. The largest absolute Gasteiger partial charge is 0.387 e. The number of amides is 1. The van der Waals surface area contributed by atoms with E-state index in [-0.39, 0.29) is 23.8 Å². The lowest BCUT2D eigenvalue weighted by Crippen LogP contribution is -2.57. The summed E-state index contributed by atoms with van der Waals surface area (Å²) in [6.07, 6.45) is 2.75. The third kappa shape index (κ3) is 3.16. The van der Waals surface area contributed by atoms with E-state index < -0.39 is 6.10 Å². The predicted molar refractivity (Wildman–Crippen MR) is 94.1 cm³/mol. The number of nitrogens with one attached hydrogen (secondary N) is 3. The van der Waals surface area contributed by atoms with E-state index in [9.17, 15) is 9.90 Å². The smallest absolute Gasteiger partial charge is 0.290 e. The molecule has 1 fully saturated rings. The van der Waals surface area contributed by atoms with Gasteiger partial charge in [0.15, 0.2) is 0 Å². The molecule has 1 atom stereocenters. The van der Waals surface area contributed by atoms with Crippen LogP contribution in [0.1, 0.15) is 30.3 Å². The second-order valence-electron chi connectivity index (χ2n) is 6.61. The Labute approximate surface area is 150 Å². The van der Waals surface area contributed by atoms with Gasteiger partial charge in [0.2, 0.25) is 5.76 Å². The quantitative estimate of drug-likeness (QED) is 0.638. The van der Waals surface area contributed by atoms with Gasteiger partial charge >= 0.3 is 0 Å². The lowest BCUT2D eigenvalue weighted by Gasteiger charge is -2.42. The third-order valence-electron chi connectivity index (χ3n) is 4.73. The Kier molecular flexibility index (Phi) is 4.36. The molecule has 8 nitrogen and oxygen atoms in total. The maximum absolute atomic E-state index is 12.4. The summed E-state index contributed by atoms with van der Waals surface area (Å²) in [6.45, 7) is 1.72. The van der Waals surface area contributed by atoms with E-state index in [0.717, 1.165) is 24.1 Å². The van der Waals surface area contributed by atoms with E-state index in [1.165, 1.54) is 0 Å². The molecule has 1 saturated carbocycles. The van der Waals surface area contributed by atoms with Crippen LogP contribution in [0.2, 0.25) is 0 Å². The summed E-state index contributed by atoms with van der Waals surface area (Å²) in [5.41, 5.74) is 8.24. The Morgan fingerprint density at radius 2 is 2.15 bits per heavy atom. The van der Waals surface area contributed by atoms with E-state index in [4.69, 9.17) is 4.52 Å². The molecule has 0 unspecified atom stereocenters. The fourth-order valence-corrected chi connectivity index (χ4v) is 3.23. The molecule has 2 aromatic rings. The highest BCUT2D eigenvalue weighted by Gasteiger charge is 2.38. The van der Waals surface area contributed by atoms with Crippen LogP contribution >= 0.6 is 0 Å². The van der Waals surface area contributed by atoms with Crippen LogP contribution in [0.15, 0.2) is 52.8 Å². The van der Waals surface area contributed by atoms with Gasteiger partial charge in [-0.25, -0.2) is 0 Å². The van der Waals surface area contributed by atoms with Crippen LogP contribution in [0, 0.1) is 0 Å². The summed E-state index contributed by atoms with van der Waals surface area (Å²) in [7, 11) is 0. The Morgan fingerprint density at radius 1 is 1.38 bits per heavy atom. The maximum atomic E-state index is 12.4. The van der Waals surface area contributed by atoms with Crippen molar-refractivity contribution in [3.05, 3.63) is 54.1 Å². The van der Waals surface area contributed by atoms with Crippen molar-refractivity contribution in [3.8, 4) is 11.3 Å². The highest BCUT2D eigenvalue weighted by atomic mass is 16.5. The van der Waals surface area contributed by atoms with E-state index in [2.05, 4.69) is 21.4 Å². The molecule has 2 heterocycles. The number of carbonyl (C=O) groups excluding carboxylic acids is 1. The zero-order valence-electron chi connectivity index (χ0n) is 14.3. The van der Waals surface area contributed by atoms with Gasteiger partial charge in [-0.3, -0.25) is 9.80 Å². The van der Waals surface area contributed by atoms with Crippen LogP contribution < -0.4 is 16.3 Å². The monoisotopic (exact) mass is 355 g/mol. The number of aliphatic hydroxyl groups excluding tert-OH is 1. The molecule has 1 aliphatic heterocycles.